The summed E-state index contributed by atoms with van der Waals surface area (Å²) in [5, 5.41) is 11.7. The Morgan fingerprint density at radius 2 is 2.03 bits per heavy atom. The van der Waals surface area contributed by atoms with Gasteiger partial charge in [0.05, 0.1) is 12.9 Å². The fourth-order valence-corrected chi connectivity index (χ4v) is 3.58. The van der Waals surface area contributed by atoms with Crippen LogP contribution in [0.3, 0.4) is 0 Å². The number of hydrogen-bond donors (Lipinski definition) is 1. The maximum absolute atomic E-state index is 13.2. The summed E-state index contributed by atoms with van der Waals surface area (Å²) in [4.78, 5) is 12.3. The number of nitrogens with zero attached hydrogens (tertiary/aromatic N) is 3. The van der Waals surface area contributed by atoms with Crippen LogP contribution in [-0.4, -0.2) is 33.5 Å². The second-order valence-corrected chi connectivity index (χ2v) is 7.48. The smallest absolute Gasteiger partial charge is 0.234 e. The molecular weight excluding hydrogens is 419 g/mol. The summed E-state index contributed by atoms with van der Waals surface area (Å²) in [6.07, 6.45) is 1.72. The van der Waals surface area contributed by atoms with Gasteiger partial charge in [0.25, 0.3) is 0 Å². The lowest BCUT2D eigenvalue weighted by molar-refractivity contribution is -0.113. The standard InChI is InChI=1S/C22H23FN4O3S/c1-4-11-27-20(13-30-19-8-6-5-7-18(19)29-3)25-26-22(27)31-14-21(28)24-17-10-9-16(23)12-15(17)2/h4-10,12H,1,11,13-14H2,2-3H3,(H,24,28). The van der Waals surface area contributed by atoms with Crippen LogP contribution in [0, 0.1) is 12.7 Å². The molecule has 7 nitrogen and oxygen atoms in total. The molecule has 0 aliphatic heterocycles. The summed E-state index contributed by atoms with van der Waals surface area (Å²) in [7, 11) is 1.58. The average molecular weight is 443 g/mol. The molecule has 0 saturated heterocycles. The fourth-order valence-electron chi connectivity index (χ4n) is 2.81. The fraction of sp³-hybridized carbons (Fsp3) is 0.227. The van der Waals surface area contributed by atoms with E-state index in [0.29, 0.717) is 40.3 Å². The number of allylic oxidation sites excluding steroid dienone is 1. The number of para-hydroxylation sites is 2. The number of aryl methyl sites for hydroxylation is 1. The summed E-state index contributed by atoms with van der Waals surface area (Å²) in [5.74, 6) is 1.38. The van der Waals surface area contributed by atoms with Crippen LogP contribution in [0.1, 0.15) is 11.4 Å². The molecule has 0 atom stereocenters. The van der Waals surface area contributed by atoms with Gasteiger partial charge in [-0.3, -0.25) is 9.36 Å². The van der Waals surface area contributed by atoms with Crippen LogP contribution in [0.5, 0.6) is 11.5 Å². The van der Waals surface area contributed by atoms with Crippen molar-refractivity contribution in [2.75, 3.05) is 18.2 Å². The maximum atomic E-state index is 13.2. The normalized spacial score (nSPS) is 10.5. The third-order valence-electron chi connectivity index (χ3n) is 4.33. The second kappa shape index (κ2) is 10.6. The van der Waals surface area contributed by atoms with Gasteiger partial charge in [-0.1, -0.05) is 30.0 Å². The van der Waals surface area contributed by atoms with E-state index in [2.05, 4.69) is 22.1 Å². The van der Waals surface area contributed by atoms with Gasteiger partial charge in [-0.15, -0.1) is 16.8 Å². The number of aromatic nitrogens is 3. The Labute approximate surface area is 184 Å². The van der Waals surface area contributed by atoms with Crippen molar-refractivity contribution in [1.29, 1.82) is 0 Å². The predicted octanol–water partition coefficient (Wildman–Crippen LogP) is 4.23. The number of carbonyl (C=O) groups excluding carboxylic acids is 1. The number of methoxy groups -OCH3 is 1. The minimum atomic E-state index is -0.342. The number of benzene rings is 2. The summed E-state index contributed by atoms with van der Waals surface area (Å²) in [6, 6.07) is 11.6. The van der Waals surface area contributed by atoms with Gasteiger partial charge < -0.3 is 14.8 Å². The molecule has 31 heavy (non-hydrogen) atoms. The number of rotatable bonds is 10. The van der Waals surface area contributed by atoms with Crippen LogP contribution < -0.4 is 14.8 Å². The first kappa shape index (κ1) is 22.4. The zero-order valence-corrected chi connectivity index (χ0v) is 18.1. The van der Waals surface area contributed by atoms with Crippen molar-refractivity contribution in [2.24, 2.45) is 0 Å². The van der Waals surface area contributed by atoms with Crippen molar-refractivity contribution in [3.8, 4) is 11.5 Å². The van der Waals surface area contributed by atoms with Crippen molar-refractivity contribution in [1.82, 2.24) is 14.8 Å². The highest BCUT2D eigenvalue weighted by molar-refractivity contribution is 7.99. The number of amides is 1. The average Bonchev–Trinajstić information content (AvgIpc) is 3.15. The molecule has 1 amide bonds. The largest absolute Gasteiger partial charge is 0.493 e. The molecular formula is C22H23FN4O3S. The highest BCUT2D eigenvalue weighted by Crippen LogP contribution is 2.27. The number of nitrogens with one attached hydrogen (secondary N) is 1. The van der Waals surface area contributed by atoms with E-state index in [0.717, 1.165) is 0 Å². The first-order valence-corrected chi connectivity index (χ1v) is 10.5. The van der Waals surface area contributed by atoms with E-state index >= 15 is 0 Å². The second-order valence-electron chi connectivity index (χ2n) is 6.53. The van der Waals surface area contributed by atoms with Crippen molar-refractivity contribution in [3.63, 3.8) is 0 Å². The molecule has 0 bridgehead atoms. The minimum absolute atomic E-state index is 0.124. The zero-order chi connectivity index (χ0) is 22.2. The van der Waals surface area contributed by atoms with Crippen molar-refractivity contribution in [2.45, 2.75) is 25.2 Å². The summed E-state index contributed by atoms with van der Waals surface area (Å²) in [5.41, 5.74) is 1.23. The Balaban J connectivity index is 1.64. The molecule has 0 radical (unpaired) electrons. The molecule has 0 unspecified atom stereocenters. The van der Waals surface area contributed by atoms with E-state index in [-0.39, 0.29) is 24.1 Å². The van der Waals surface area contributed by atoms with Gasteiger partial charge in [0.15, 0.2) is 22.5 Å². The van der Waals surface area contributed by atoms with E-state index in [1.807, 2.05) is 28.8 Å². The Morgan fingerprint density at radius 3 is 2.74 bits per heavy atom. The van der Waals surface area contributed by atoms with Crippen LogP contribution >= 0.6 is 11.8 Å². The quantitative estimate of drug-likeness (QED) is 0.374. The van der Waals surface area contributed by atoms with Gasteiger partial charge in [0.2, 0.25) is 5.91 Å². The molecule has 0 aliphatic rings. The van der Waals surface area contributed by atoms with Gasteiger partial charge in [-0.25, -0.2) is 4.39 Å². The number of thioether (sulfide) groups is 1. The summed E-state index contributed by atoms with van der Waals surface area (Å²) < 4.78 is 26.2. The van der Waals surface area contributed by atoms with Crippen molar-refractivity contribution in [3.05, 3.63) is 72.3 Å². The topological polar surface area (TPSA) is 78.3 Å². The van der Waals surface area contributed by atoms with Crippen LogP contribution in [-0.2, 0) is 17.9 Å². The van der Waals surface area contributed by atoms with Crippen molar-refractivity contribution >= 4 is 23.4 Å². The molecule has 162 valence electrons. The lowest BCUT2D eigenvalue weighted by atomic mass is 10.2. The highest BCUT2D eigenvalue weighted by Gasteiger charge is 2.15. The third-order valence-corrected chi connectivity index (χ3v) is 5.29. The Bertz CT molecular complexity index is 1070. The molecule has 0 saturated carbocycles. The van der Waals surface area contributed by atoms with E-state index in [1.54, 1.807) is 26.2 Å². The number of ether oxygens (including phenoxy) is 2. The number of hydrogen-bond acceptors (Lipinski definition) is 6. The number of carbonyl (C=O) groups is 1. The predicted molar refractivity (Wildman–Crippen MR) is 118 cm³/mol. The summed E-state index contributed by atoms with van der Waals surface area (Å²) >= 11 is 1.25. The monoisotopic (exact) mass is 442 g/mol. The molecule has 0 fully saturated rings. The third kappa shape index (κ3) is 5.85. The highest BCUT2D eigenvalue weighted by atomic mass is 32.2. The summed E-state index contributed by atoms with van der Waals surface area (Å²) in [6.45, 7) is 6.17. The zero-order valence-electron chi connectivity index (χ0n) is 17.3. The van der Waals surface area contributed by atoms with Crippen LogP contribution in [0.25, 0.3) is 0 Å². The molecule has 2 aromatic carbocycles. The van der Waals surface area contributed by atoms with Crippen LogP contribution in [0.15, 0.2) is 60.3 Å². The van der Waals surface area contributed by atoms with Crippen molar-refractivity contribution < 1.29 is 18.7 Å². The van der Waals surface area contributed by atoms with Gasteiger partial charge in [0, 0.05) is 12.2 Å². The van der Waals surface area contributed by atoms with E-state index in [1.165, 1.54) is 23.9 Å². The van der Waals surface area contributed by atoms with Gasteiger partial charge in [-0.2, -0.15) is 0 Å². The van der Waals surface area contributed by atoms with E-state index < -0.39 is 0 Å². The molecule has 3 rings (SSSR count). The van der Waals surface area contributed by atoms with E-state index in [9.17, 15) is 9.18 Å². The van der Waals surface area contributed by atoms with Crippen LogP contribution in [0.2, 0.25) is 0 Å². The Hall–Kier alpha value is -3.33. The number of anilines is 1. The van der Waals surface area contributed by atoms with Crippen LogP contribution in [0.4, 0.5) is 10.1 Å². The lowest BCUT2D eigenvalue weighted by Gasteiger charge is -2.11. The van der Waals surface area contributed by atoms with Gasteiger partial charge in [-0.05, 0) is 42.8 Å². The van der Waals surface area contributed by atoms with Gasteiger partial charge in [0.1, 0.15) is 12.4 Å². The molecule has 1 N–H and O–H groups in total. The first-order chi connectivity index (χ1) is 15.0. The molecule has 1 aromatic heterocycles. The van der Waals surface area contributed by atoms with E-state index in [4.69, 9.17) is 9.47 Å². The molecule has 0 aliphatic carbocycles. The Morgan fingerprint density at radius 1 is 1.26 bits per heavy atom. The molecule has 9 heteroatoms. The SMILES string of the molecule is C=CCn1c(COc2ccccc2OC)nnc1SCC(=O)Nc1ccc(F)cc1C. The molecule has 0 spiro atoms. The minimum Gasteiger partial charge on any atom is -0.493 e. The molecule has 1 heterocycles. The number of halogens is 1. The first-order valence-electron chi connectivity index (χ1n) is 9.49. The molecule has 3 aromatic rings. The lowest BCUT2D eigenvalue weighted by Crippen LogP contribution is -2.15. The van der Waals surface area contributed by atoms with Gasteiger partial charge >= 0.3 is 0 Å². The Kier molecular flexibility index (Phi) is 7.66. The maximum Gasteiger partial charge on any atom is 0.234 e.